The van der Waals surface area contributed by atoms with E-state index in [9.17, 15) is 9.90 Å². The Kier molecular flexibility index (Phi) is 5.31. The minimum atomic E-state index is -0.583. The van der Waals surface area contributed by atoms with Gasteiger partial charge in [-0.15, -0.1) is 0 Å². The molecule has 0 radical (unpaired) electrons. The Bertz CT molecular complexity index is 1330. The van der Waals surface area contributed by atoms with Crippen LogP contribution >= 0.6 is 0 Å². The smallest absolute Gasteiger partial charge is 0.347 e. The fourth-order valence-electron chi connectivity index (χ4n) is 3.49. The van der Waals surface area contributed by atoms with Crippen molar-refractivity contribution in [2.24, 2.45) is 4.99 Å². The molecule has 148 valence electrons. The molecular formula is C26H21NO3. The second-order valence-corrected chi connectivity index (χ2v) is 6.55. The van der Waals surface area contributed by atoms with Crippen molar-refractivity contribution in [2.45, 2.75) is 13.8 Å². The van der Waals surface area contributed by atoms with Crippen molar-refractivity contribution in [3.63, 3.8) is 0 Å². The number of aliphatic imine (C=N–C) groups is 1. The molecule has 0 saturated heterocycles. The van der Waals surface area contributed by atoms with Crippen LogP contribution in [-0.4, -0.2) is 10.8 Å². The van der Waals surface area contributed by atoms with Crippen molar-refractivity contribution < 1.29 is 9.52 Å². The molecule has 0 spiro atoms. The first-order valence-corrected chi connectivity index (χ1v) is 9.93. The van der Waals surface area contributed by atoms with E-state index in [2.05, 4.69) is 0 Å². The maximum atomic E-state index is 12.6. The van der Waals surface area contributed by atoms with Crippen molar-refractivity contribution in [1.82, 2.24) is 0 Å². The summed E-state index contributed by atoms with van der Waals surface area (Å²) in [5, 5.41) is 11.2. The normalized spacial score (nSPS) is 13.5. The van der Waals surface area contributed by atoms with Gasteiger partial charge in [0.2, 0.25) is 0 Å². The maximum absolute atomic E-state index is 12.6. The minimum Gasteiger partial charge on any atom is -0.506 e. The number of rotatable bonds is 2. The number of benzene rings is 3. The monoisotopic (exact) mass is 395 g/mol. The number of allylic oxidation sites excluding steroid dienone is 1. The Hall–Kier alpha value is -3.92. The fraction of sp³-hybridized carbons (Fsp3) is 0.0769. The zero-order chi connectivity index (χ0) is 21.1. The lowest BCUT2D eigenvalue weighted by atomic mass is 9.96. The van der Waals surface area contributed by atoms with Crippen LogP contribution in [0.3, 0.4) is 0 Å². The van der Waals surface area contributed by atoms with Crippen LogP contribution in [-0.2, 0) is 0 Å². The van der Waals surface area contributed by atoms with Crippen LogP contribution in [0.15, 0.2) is 93.1 Å². The molecule has 0 unspecified atom stereocenters. The number of nitrogens with zero attached hydrogens (tertiary/aromatic N) is 1. The van der Waals surface area contributed by atoms with Crippen LogP contribution in [0.5, 0.6) is 5.75 Å². The molecule has 0 fully saturated rings. The molecule has 0 saturated carbocycles. The molecule has 0 amide bonds. The van der Waals surface area contributed by atoms with E-state index in [0.717, 1.165) is 28.1 Å². The zero-order valence-corrected chi connectivity index (χ0v) is 16.8. The Morgan fingerprint density at radius 3 is 2.33 bits per heavy atom. The minimum absolute atomic E-state index is 0.0869. The summed E-state index contributed by atoms with van der Waals surface area (Å²) in [5.41, 5.74) is 4.11. The Morgan fingerprint density at radius 1 is 0.867 bits per heavy atom. The first kappa shape index (κ1) is 19.4. The van der Waals surface area contributed by atoms with E-state index in [-0.39, 0.29) is 11.3 Å². The highest BCUT2D eigenvalue weighted by atomic mass is 16.4. The van der Waals surface area contributed by atoms with Gasteiger partial charge < -0.3 is 9.52 Å². The standard InChI is InChI=1S/C24H15NO3.C2H6/c26-23-17-11-5-7-13-21(17)28-24(27)19(23)14-18-16-10-4-6-12-20(16)25-22(18)15-8-2-1-3-9-15;1-2/h1-14,26H;1-2H3/b18-14-;. The summed E-state index contributed by atoms with van der Waals surface area (Å²) >= 11 is 0. The molecule has 1 aliphatic rings. The predicted molar refractivity (Wildman–Crippen MR) is 122 cm³/mol. The third-order valence-electron chi connectivity index (χ3n) is 4.84. The molecule has 0 bridgehead atoms. The molecule has 4 nitrogen and oxygen atoms in total. The summed E-state index contributed by atoms with van der Waals surface area (Å²) in [6, 6.07) is 24.5. The third-order valence-corrected chi connectivity index (χ3v) is 4.84. The first-order valence-electron chi connectivity index (χ1n) is 9.93. The van der Waals surface area contributed by atoms with Gasteiger partial charge in [-0.3, -0.25) is 0 Å². The molecular weight excluding hydrogens is 374 g/mol. The Morgan fingerprint density at radius 2 is 1.53 bits per heavy atom. The molecule has 1 N–H and O–H groups in total. The van der Waals surface area contributed by atoms with Crippen LogP contribution in [0.4, 0.5) is 5.69 Å². The van der Waals surface area contributed by atoms with Gasteiger partial charge in [0, 0.05) is 16.7 Å². The van der Waals surface area contributed by atoms with Gasteiger partial charge in [-0.05, 0) is 24.3 Å². The van der Waals surface area contributed by atoms with Gasteiger partial charge in [-0.2, -0.15) is 0 Å². The van der Waals surface area contributed by atoms with Gasteiger partial charge >= 0.3 is 5.63 Å². The second kappa shape index (κ2) is 8.21. The maximum Gasteiger partial charge on any atom is 0.347 e. The van der Waals surface area contributed by atoms with Crippen LogP contribution in [0.2, 0.25) is 0 Å². The second-order valence-electron chi connectivity index (χ2n) is 6.55. The number of hydrogen-bond acceptors (Lipinski definition) is 4. The first-order chi connectivity index (χ1) is 14.7. The fourth-order valence-corrected chi connectivity index (χ4v) is 3.49. The summed E-state index contributed by atoms with van der Waals surface area (Å²) in [6.07, 6.45) is 1.67. The van der Waals surface area contributed by atoms with E-state index in [1.54, 1.807) is 30.3 Å². The molecule has 4 aromatic rings. The van der Waals surface area contributed by atoms with Gasteiger partial charge in [0.05, 0.1) is 16.8 Å². The predicted octanol–water partition coefficient (Wildman–Crippen LogP) is 6.20. The molecule has 1 aromatic heterocycles. The summed E-state index contributed by atoms with van der Waals surface area (Å²) in [7, 11) is 0. The number of hydrogen-bond donors (Lipinski definition) is 1. The molecule has 3 aromatic carbocycles. The molecule has 5 rings (SSSR count). The average Bonchev–Trinajstić information content (AvgIpc) is 3.17. The highest BCUT2D eigenvalue weighted by molar-refractivity contribution is 6.39. The molecule has 4 heteroatoms. The van der Waals surface area contributed by atoms with E-state index in [4.69, 9.17) is 9.41 Å². The third kappa shape index (κ3) is 3.33. The number of fused-ring (bicyclic) bond motifs is 2. The van der Waals surface area contributed by atoms with Gasteiger partial charge in [0.15, 0.2) is 0 Å². The topological polar surface area (TPSA) is 62.8 Å². The van der Waals surface area contributed by atoms with E-state index in [0.29, 0.717) is 11.0 Å². The van der Waals surface area contributed by atoms with Crippen LogP contribution in [0.25, 0.3) is 22.6 Å². The van der Waals surface area contributed by atoms with E-state index in [1.807, 2.05) is 68.4 Å². The molecule has 30 heavy (non-hydrogen) atoms. The lowest BCUT2D eigenvalue weighted by Gasteiger charge is -2.07. The average molecular weight is 395 g/mol. The van der Waals surface area contributed by atoms with Crippen molar-refractivity contribution >= 4 is 34.0 Å². The summed E-state index contributed by atoms with van der Waals surface area (Å²) in [4.78, 5) is 17.3. The largest absolute Gasteiger partial charge is 0.506 e. The van der Waals surface area contributed by atoms with Crippen molar-refractivity contribution in [1.29, 1.82) is 0 Å². The molecule has 2 heterocycles. The molecule has 1 aliphatic heterocycles. The highest BCUT2D eigenvalue weighted by Gasteiger charge is 2.23. The summed E-state index contributed by atoms with van der Waals surface area (Å²) in [6.45, 7) is 4.00. The van der Waals surface area contributed by atoms with Crippen molar-refractivity contribution in [2.75, 3.05) is 0 Å². The van der Waals surface area contributed by atoms with Gasteiger partial charge in [0.1, 0.15) is 16.9 Å². The summed E-state index contributed by atoms with van der Waals surface area (Å²) < 4.78 is 5.41. The van der Waals surface area contributed by atoms with Crippen LogP contribution in [0.1, 0.15) is 30.5 Å². The van der Waals surface area contributed by atoms with E-state index in [1.165, 1.54) is 0 Å². The van der Waals surface area contributed by atoms with Gasteiger partial charge in [0.25, 0.3) is 0 Å². The van der Waals surface area contributed by atoms with Crippen LogP contribution in [0, 0.1) is 0 Å². The van der Waals surface area contributed by atoms with E-state index < -0.39 is 5.63 Å². The molecule has 0 aliphatic carbocycles. The highest BCUT2D eigenvalue weighted by Crippen LogP contribution is 2.39. The summed E-state index contributed by atoms with van der Waals surface area (Å²) in [5.74, 6) is -0.0869. The lowest BCUT2D eigenvalue weighted by molar-refractivity contribution is 0.466. The Labute approximate surface area is 174 Å². The lowest BCUT2D eigenvalue weighted by Crippen LogP contribution is -2.06. The van der Waals surface area contributed by atoms with E-state index >= 15 is 0 Å². The van der Waals surface area contributed by atoms with Crippen molar-refractivity contribution in [3.8, 4) is 5.75 Å². The number of aromatic hydroxyl groups is 1. The van der Waals surface area contributed by atoms with Gasteiger partial charge in [-0.1, -0.05) is 74.5 Å². The Balaban J connectivity index is 0.00000106. The van der Waals surface area contributed by atoms with Gasteiger partial charge in [-0.25, -0.2) is 9.79 Å². The number of para-hydroxylation sites is 2. The molecule has 0 atom stereocenters. The quantitative estimate of drug-likeness (QED) is 0.411. The SMILES string of the molecule is CC.O=c1oc2ccccc2c(O)c1/C=C1\C(c2ccccc2)=Nc2ccccc21. The van der Waals surface area contributed by atoms with Crippen LogP contribution < -0.4 is 5.63 Å². The zero-order valence-electron chi connectivity index (χ0n) is 16.8. The van der Waals surface area contributed by atoms with Crippen molar-refractivity contribution in [3.05, 3.63) is 106 Å².